The van der Waals surface area contributed by atoms with Gasteiger partial charge in [0.1, 0.15) is 0 Å². The van der Waals surface area contributed by atoms with Gasteiger partial charge in [-0.3, -0.25) is 24.4 Å². The number of nitrogens with zero attached hydrogens (tertiary/aromatic N) is 4. The fourth-order valence-electron chi connectivity index (χ4n) is 7.51. The standard InChI is InChI=1S/C47H55N5O7S2/c1-31-23-41(56-5)43(27-37(31)49-29-35-24-33-13-9-10-14-39(33)52(35)30-53)58-21-11-8-12-22-59-44-28-38(48-4)36(26-42(44)57-6)46(55)51-20-18-32-15-16-34(25-40(32)51)50-45(54)17-19-47(2,3)61-60-7/h9-10,13-16,23,25-30,35H,4,8,11-12,17-22,24H2,1-3,5-7H3,(H,50,54). The first-order valence-electron chi connectivity index (χ1n) is 20.4. The van der Waals surface area contributed by atoms with Gasteiger partial charge in [0.05, 0.1) is 50.4 Å². The Hall–Kier alpha value is -5.47. The fraction of sp³-hybridized carbons (Fsp3) is 0.383. The lowest BCUT2D eigenvalue weighted by atomic mass is 10.1. The number of benzene rings is 4. The van der Waals surface area contributed by atoms with E-state index in [0.717, 1.165) is 65.8 Å². The molecule has 3 amide bonds. The van der Waals surface area contributed by atoms with Crippen LogP contribution in [0.15, 0.2) is 76.7 Å². The van der Waals surface area contributed by atoms with Crippen LogP contribution >= 0.6 is 21.6 Å². The summed E-state index contributed by atoms with van der Waals surface area (Å²) < 4.78 is 23.6. The van der Waals surface area contributed by atoms with Gasteiger partial charge in [0.15, 0.2) is 23.0 Å². The first-order chi connectivity index (χ1) is 29.5. The number of ether oxygens (including phenoxy) is 4. The van der Waals surface area contributed by atoms with Crippen LogP contribution < -0.4 is 34.1 Å². The van der Waals surface area contributed by atoms with Crippen LogP contribution in [0.1, 0.15) is 73.0 Å². The summed E-state index contributed by atoms with van der Waals surface area (Å²) in [5.74, 6) is 1.82. The van der Waals surface area contributed by atoms with E-state index in [4.69, 9.17) is 23.9 Å². The van der Waals surface area contributed by atoms with Gasteiger partial charge < -0.3 is 34.1 Å². The molecule has 2 aliphatic rings. The Kier molecular flexibility index (Phi) is 15.4. The van der Waals surface area contributed by atoms with Gasteiger partial charge in [-0.25, -0.2) is 0 Å². The monoisotopic (exact) mass is 865 g/mol. The largest absolute Gasteiger partial charge is 0.493 e. The second kappa shape index (κ2) is 20.9. The maximum absolute atomic E-state index is 14.1. The first kappa shape index (κ1) is 45.1. The molecule has 2 aliphatic heterocycles. The lowest BCUT2D eigenvalue weighted by Crippen LogP contribution is -2.31. The van der Waals surface area contributed by atoms with Crippen molar-refractivity contribution in [2.45, 2.75) is 76.5 Å². The molecule has 14 heteroatoms. The molecule has 1 unspecified atom stereocenters. The smallest absolute Gasteiger partial charge is 0.260 e. The minimum Gasteiger partial charge on any atom is -0.493 e. The number of nitrogens with one attached hydrogen (secondary N) is 1. The zero-order valence-electron chi connectivity index (χ0n) is 35.8. The highest BCUT2D eigenvalue weighted by Crippen LogP contribution is 2.40. The molecule has 0 spiro atoms. The number of hydrogen-bond acceptors (Lipinski definition) is 11. The lowest BCUT2D eigenvalue weighted by molar-refractivity contribution is -0.116. The number of unbranched alkanes of at least 4 members (excludes halogenated alkanes) is 2. The topological polar surface area (TPSA) is 131 Å². The van der Waals surface area contributed by atoms with E-state index in [2.05, 4.69) is 30.9 Å². The number of para-hydroxylation sites is 1. The first-order valence-corrected chi connectivity index (χ1v) is 23.0. The zero-order chi connectivity index (χ0) is 43.5. The van der Waals surface area contributed by atoms with Crippen molar-refractivity contribution in [3.05, 3.63) is 89.0 Å². The second-order valence-electron chi connectivity index (χ2n) is 15.5. The summed E-state index contributed by atoms with van der Waals surface area (Å²) in [5, 5.41) is 3.02. The molecule has 12 nitrogen and oxygen atoms in total. The number of anilines is 3. The molecule has 1 atom stereocenters. The Labute approximate surface area is 366 Å². The van der Waals surface area contributed by atoms with Crippen molar-refractivity contribution < 1.29 is 33.3 Å². The minimum absolute atomic E-state index is 0.0128. The lowest BCUT2D eigenvalue weighted by Gasteiger charge is -2.22. The normalized spacial score (nSPS) is 14.4. The number of aliphatic imine (C=N–C) groups is 2. The van der Waals surface area contributed by atoms with Gasteiger partial charge in [0, 0.05) is 59.5 Å². The predicted molar refractivity (Wildman–Crippen MR) is 250 cm³/mol. The number of rotatable bonds is 21. The van der Waals surface area contributed by atoms with Gasteiger partial charge in [-0.05, 0) is 113 Å². The number of fused-ring (bicyclic) bond motifs is 2. The van der Waals surface area contributed by atoms with Gasteiger partial charge in [-0.1, -0.05) is 45.9 Å². The van der Waals surface area contributed by atoms with Crippen molar-refractivity contribution in [3.8, 4) is 23.0 Å². The number of methoxy groups -OCH3 is 2. The number of aryl methyl sites for hydroxylation is 1. The van der Waals surface area contributed by atoms with Crippen molar-refractivity contribution in [1.29, 1.82) is 0 Å². The van der Waals surface area contributed by atoms with Gasteiger partial charge in [0.25, 0.3) is 5.91 Å². The van der Waals surface area contributed by atoms with E-state index < -0.39 is 0 Å². The Bertz CT molecular complexity index is 2260. The van der Waals surface area contributed by atoms with E-state index >= 15 is 0 Å². The number of amides is 3. The Balaban J connectivity index is 1.01. The molecule has 322 valence electrons. The molecule has 4 aromatic carbocycles. The van der Waals surface area contributed by atoms with Crippen LogP contribution in [0.3, 0.4) is 0 Å². The van der Waals surface area contributed by atoms with Gasteiger partial charge in [-0.2, -0.15) is 0 Å². The molecule has 61 heavy (non-hydrogen) atoms. The highest BCUT2D eigenvalue weighted by Gasteiger charge is 2.30. The van der Waals surface area contributed by atoms with Crippen LogP contribution in [0.5, 0.6) is 23.0 Å². The Morgan fingerprint density at radius 2 is 1.61 bits per heavy atom. The van der Waals surface area contributed by atoms with Crippen molar-refractivity contribution in [2.75, 3.05) is 55.4 Å². The summed E-state index contributed by atoms with van der Waals surface area (Å²) in [4.78, 5) is 51.2. The quantitative estimate of drug-likeness (QED) is 0.0376. The van der Waals surface area contributed by atoms with Crippen molar-refractivity contribution in [2.24, 2.45) is 9.98 Å². The summed E-state index contributed by atoms with van der Waals surface area (Å²) in [6.07, 6.45) is 9.64. The molecule has 0 saturated heterocycles. The van der Waals surface area contributed by atoms with Crippen LogP contribution in [-0.4, -0.2) is 82.2 Å². The third kappa shape index (κ3) is 11.1. The molecular weight excluding hydrogens is 811 g/mol. The number of carbonyl (C=O) groups excluding carboxylic acids is 3. The molecular formula is C47H55N5O7S2. The van der Waals surface area contributed by atoms with E-state index in [1.54, 1.807) is 57.7 Å². The SMILES string of the molecule is C=Nc1cc(OCCCCCOc2cc(N=CC3Cc4ccccc4N3C=O)c(C)cc2OC)c(OC)cc1C(=O)N1CCc2ccc(NC(=O)CCC(C)(C)SSC)cc21. The van der Waals surface area contributed by atoms with E-state index in [1.807, 2.05) is 74.0 Å². The predicted octanol–water partition coefficient (Wildman–Crippen LogP) is 9.97. The van der Waals surface area contributed by atoms with Crippen molar-refractivity contribution in [3.63, 3.8) is 0 Å². The number of hydrogen-bond donors (Lipinski definition) is 1. The average Bonchev–Trinajstić information content (AvgIpc) is 3.85. The summed E-state index contributed by atoms with van der Waals surface area (Å²) in [6.45, 7) is 11.4. The molecule has 6 rings (SSSR count). The molecule has 0 aromatic heterocycles. The van der Waals surface area contributed by atoms with Crippen LogP contribution in [0.4, 0.5) is 28.4 Å². The van der Waals surface area contributed by atoms with E-state index in [1.165, 1.54) is 0 Å². The fourth-order valence-corrected chi connectivity index (χ4v) is 9.75. The van der Waals surface area contributed by atoms with E-state index in [9.17, 15) is 14.4 Å². The maximum atomic E-state index is 14.1. The van der Waals surface area contributed by atoms with Crippen LogP contribution in [0.2, 0.25) is 0 Å². The van der Waals surface area contributed by atoms with Gasteiger partial charge >= 0.3 is 0 Å². The van der Waals surface area contributed by atoms with Crippen LogP contribution in [-0.2, 0) is 22.4 Å². The van der Waals surface area contributed by atoms with Crippen LogP contribution in [0, 0.1) is 6.92 Å². The third-order valence-corrected chi connectivity index (χ3v) is 13.5. The van der Waals surface area contributed by atoms with E-state index in [0.29, 0.717) is 79.0 Å². The molecule has 0 aliphatic carbocycles. The molecule has 0 radical (unpaired) electrons. The van der Waals surface area contributed by atoms with Crippen molar-refractivity contribution >= 4 is 81.2 Å². The molecule has 2 heterocycles. The molecule has 0 bridgehead atoms. The van der Waals surface area contributed by atoms with Crippen LogP contribution in [0.25, 0.3) is 0 Å². The van der Waals surface area contributed by atoms with Crippen molar-refractivity contribution in [1.82, 2.24) is 0 Å². The molecule has 4 aromatic rings. The average molecular weight is 866 g/mol. The Morgan fingerprint density at radius 3 is 2.30 bits per heavy atom. The van der Waals surface area contributed by atoms with E-state index in [-0.39, 0.29) is 22.6 Å². The summed E-state index contributed by atoms with van der Waals surface area (Å²) in [6, 6.07) is 20.6. The third-order valence-electron chi connectivity index (χ3n) is 10.8. The zero-order valence-corrected chi connectivity index (χ0v) is 37.5. The minimum atomic E-state index is -0.237. The maximum Gasteiger partial charge on any atom is 0.260 e. The van der Waals surface area contributed by atoms with Gasteiger partial charge in [-0.15, -0.1) is 0 Å². The molecule has 0 fully saturated rings. The number of carbonyl (C=O) groups is 3. The molecule has 1 N–H and O–H groups in total. The Morgan fingerprint density at radius 1 is 0.902 bits per heavy atom. The second-order valence-corrected chi connectivity index (χ2v) is 18.6. The van der Waals surface area contributed by atoms with Gasteiger partial charge in [0.2, 0.25) is 12.3 Å². The highest BCUT2D eigenvalue weighted by atomic mass is 33.1. The summed E-state index contributed by atoms with van der Waals surface area (Å²) in [5.41, 5.74) is 6.89. The molecule has 0 saturated carbocycles. The highest BCUT2D eigenvalue weighted by molar-refractivity contribution is 8.76. The summed E-state index contributed by atoms with van der Waals surface area (Å²) in [7, 11) is 6.62. The summed E-state index contributed by atoms with van der Waals surface area (Å²) >= 11 is 0.